The minimum atomic E-state index is 0.331. The van der Waals surface area contributed by atoms with Gasteiger partial charge in [-0.1, -0.05) is 35.3 Å². The number of carbonyl (C=O) groups excluding carboxylic acids is 1. The fraction of sp³-hybridized carbons (Fsp3) is 0.458. The molecule has 2 aromatic carbocycles. The molecule has 2 aliphatic rings. The molecule has 30 heavy (non-hydrogen) atoms. The average Bonchev–Trinajstić information content (AvgIpc) is 2.76. The predicted octanol–water partition coefficient (Wildman–Crippen LogP) is 5.03. The minimum absolute atomic E-state index is 0.331. The number of rotatable bonds is 7. The second-order valence-corrected chi connectivity index (χ2v) is 8.89. The molecule has 0 radical (unpaired) electrons. The van der Waals surface area contributed by atoms with Crippen LogP contribution in [0.2, 0.25) is 10.0 Å². The molecular formula is C24H28Cl2N2O2. The summed E-state index contributed by atoms with van der Waals surface area (Å²) in [6.45, 7) is 5.78. The van der Waals surface area contributed by atoms with E-state index in [-0.39, 0.29) is 0 Å². The van der Waals surface area contributed by atoms with Crippen LogP contribution >= 0.6 is 23.2 Å². The smallest absolute Gasteiger partial charge is 0.137 e. The standard InChI is InChI=1S/C24H28Cl2N2O2/c25-22-4-3-5-23(24(22)26)28-13-11-27(12-14-28)10-1-2-15-30-21-9-7-18-6-8-20(29)16-19(18)17-21/h3-5,7,9,17H,1-2,6,8,10-16H2. The van der Waals surface area contributed by atoms with E-state index < -0.39 is 0 Å². The molecule has 1 heterocycles. The van der Waals surface area contributed by atoms with Gasteiger partial charge in [0.2, 0.25) is 0 Å². The molecule has 1 aliphatic carbocycles. The Morgan fingerprint density at radius 1 is 0.933 bits per heavy atom. The first-order valence-electron chi connectivity index (χ1n) is 10.8. The van der Waals surface area contributed by atoms with Crippen molar-refractivity contribution in [3.05, 3.63) is 57.6 Å². The number of piperazine rings is 1. The first kappa shape index (κ1) is 21.5. The van der Waals surface area contributed by atoms with E-state index in [4.69, 9.17) is 27.9 Å². The fourth-order valence-corrected chi connectivity index (χ4v) is 4.67. The summed E-state index contributed by atoms with van der Waals surface area (Å²) < 4.78 is 5.93. The second-order valence-electron chi connectivity index (χ2n) is 8.10. The van der Waals surface area contributed by atoms with Crippen molar-refractivity contribution in [3.8, 4) is 5.75 Å². The van der Waals surface area contributed by atoms with Crippen LogP contribution in [-0.2, 0) is 17.6 Å². The fourth-order valence-electron chi connectivity index (χ4n) is 4.25. The zero-order chi connectivity index (χ0) is 20.9. The maximum atomic E-state index is 11.7. The number of hydrogen-bond donors (Lipinski definition) is 0. The average molecular weight is 447 g/mol. The van der Waals surface area contributed by atoms with Crippen LogP contribution < -0.4 is 9.64 Å². The van der Waals surface area contributed by atoms with Crippen molar-refractivity contribution < 1.29 is 9.53 Å². The summed E-state index contributed by atoms with van der Waals surface area (Å²) in [5.74, 6) is 1.22. The van der Waals surface area contributed by atoms with E-state index in [0.29, 0.717) is 35.3 Å². The number of nitrogens with zero attached hydrogens (tertiary/aromatic N) is 2. The highest BCUT2D eigenvalue weighted by atomic mass is 35.5. The molecule has 0 atom stereocenters. The van der Waals surface area contributed by atoms with Crippen LogP contribution in [-0.4, -0.2) is 50.0 Å². The van der Waals surface area contributed by atoms with Crippen LogP contribution in [0, 0.1) is 0 Å². The van der Waals surface area contributed by atoms with E-state index in [0.717, 1.165) is 69.0 Å². The quantitative estimate of drug-likeness (QED) is 0.558. The van der Waals surface area contributed by atoms with Gasteiger partial charge in [0, 0.05) is 39.0 Å². The van der Waals surface area contributed by atoms with E-state index in [9.17, 15) is 4.79 Å². The molecule has 0 saturated carbocycles. The van der Waals surface area contributed by atoms with Gasteiger partial charge in [0.1, 0.15) is 11.5 Å². The number of unbranched alkanes of at least 4 members (excludes halogenated alkanes) is 1. The van der Waals surface area contributed by atoms with Gasteiger partial charge in [-0.2, -0.15) is 0 Å². The summed E-state index contributed by atoms with van der Waals surface area (Å²) in [6.07, 6.45) is 4.23. The Morgan fingerprint density at radius 3 is 2.60 bits per heavy atom. The number of Topliss-reactive ketones (excluding diaryl/α,β-unsaturated/α-hetero) is 1. The van der Waals surface area contributed by atoms with Gasteiger partial charge >= 0.3 is 0 Å². The lowest BCUT2D eigenvalue weighted by molar-refractivity contribution is -0.118. The van der Waals surface area contributed by atoms with Crippen molar-refractivity contribution in [1.29, 1.82) is 0 Å². The van der Waals surface area contributed by atoms with Crippen LogP contribution in [0.25, 0.3) is 0 Å². The SMILES string of the molecule is O=C1CCc2ccc(OCCCCN3CCN(c4cccc(Cl)c4Cl)CC3)cc2C1. The molecule has 0 spiro atoms. The van der Waals surface area contributed by atoms with Crippen LogP contribution in [0.3, 0.4) is 0 Å². The molecule has 0 unspecified atom stereocenters. The van der Waals surface area contributed by atoms with Gasteiger partial charge in [-0.05, 0) is 61.2 Å². The van der Waals surface area contributed by atoms with Gasteiger partial charge in [0.25, 0.3) is 0 Å². The van der Waals surface area contributed by atoms with Crippen LogP contribution in [0.15, 0.2) is 36.4 Å². The number of ketones is 1. The molecule has 4 nitrogen and oxygen atoms in total. The molecule has 4 rings (SSSR count). The summed E-state index contributed by atoms with van der Waals surface area (Å²) in [5.41, 5.74) is 3.46. The summed E-state index contributed by atoms with van der Waals surface area (Å²) >= 11 is 12.5. The Labute approximate surface area is 188 Å². The molecule has 6 heteroatoms. The number of aryl methyl sites for hydroxylation is 1. The monoisotopic (exact) mass is 446 g/mol. The number of hydrogen-bond acceptors (Lipinski definition) is 4. The third-order valence-electron chi connectivity index (χ3n) is 6.02. The minimum Gasteiger partial charge on any atom is -0.494 e. The van der Waals surface area contributed by atoms with Crippen molar-refractivity contribution in [1.82, 2.24) is 4.90 Å². The molecule has 0 aromatic heterocycles. The molecule has 0 amide bonds. The van der Waals surface area contributed by atoms with Gasteiger partial charge in [-0.25, -0.2) is 0 Å². The molecular weight excluding hydrogens is 419 g/mol. The zero-order valence-corrected chi connectivity index (χ0v) is 18.7. The molecule has 2 aromatic rings. The van der Waals surface area contributed by atoms with Crippen molar-refractivity contribution >= 4 is 34.7 Å². The number of fused-ring (bicyclic) bond motifs is 1. The van der Waals surface area contributed by atoms with Gasteiger partial charge in [0.05, 0.1) is 22.3 Å². The third-order valence-corrected chi connectivity index (χ3v) is 6.83. The van der Waals surface area contributed by atoms with Crippen LogP contribution in [0.1, 0.15) is 30.4 Å². The highest BCUT2D eigenvalue weighted by Crippen LogP contribution is 2.33. The highest BCUT2D eigenvalue weighted by molar-refractivity contribution is 6.43. The van der Waals surface area contributed by atoms with E-state index in [1.807, 2.05) is 30.3 Å². The van der Waals surface area contributed by atoms with E-state index >= 15 is 0 Å². The first-order chi connectivity index (χ1) is 14.6. The molecule has 1 saturated heterocycles. The van der Waals surface area contributed by atoms with Gasteiger partial charge in [-0.15, -0.1) is 0 Å². The number of halogens is 2. The molecule has 160 valence electrons. The summed E-state index contributed by atoms with van der Waals surface area (Å²) in [6, 6.07) is 12.0. The zero-order valence-electron chi connectivity index (χ0n) is 17.2. The highest BCUT2D eigenvalue weighted by Gasteiger charge is 2.19. The lowest BCUT2D eigenvalue weighted by atomic mass is 9.91. The maximum absolute atomic E-state index is 11.7. The Bertz CT molecular complexity index is 895. The first-order valence-corrected chi connectivity index (χ1v) is 11.5. The lowest BCUT2D eigenvalue weighted by Crippen LogP contribution is -2.46. The largest absolute Gasteiger partial charge is 0.494 e. The van der Waals surface area contributed by atoms with Crippen molar-refractivity contribution in [2.24, 2.45) is 0 Å². The number of ether oxygens (including phenoxy) is 1. The van der Waals surface area contributed by atoms with Crippen molar-refractivity contribution in [2.75, 3.05) is 44.2 Å². The summed E-state index contributed by atoms with van der Waals surface area (Å²) in [7, 11) is 0. The Kier molecular flexibility index (Phi) is 7.19. The lowest BCUT2D eigenvalue weighted by Gasteiger charge is -2.36. The maximum Gasteiger partial charge on any atom is 0.137 e. The second kappa shape index (κ2) is 10.0. The van der Waals surface area contributed by atoms with Gasteiger partial charge in [0.15, 0.2) is 0 Å². The Balaban J connectivity index is 1.15. The van der Waals surface area contributed by atoms with Gasteiger partial charge in [-0.3, -0.25) is 9.69 Å². The molecule has 1 aliphatic heterocycles. The van der Waals surface area contributed by atoms with Crippen molar-refractivity contribution in [2.45, 2.75) is 32.1 Å². The Hall–Kier alpha value is -1.75. The number of carbonyl (C=O) groups is 1. The summed E-state index contributed by atoms with van der Waals surface area (Å²) in [4.78, 5) is 16.5. The normalized spacial score (nSPS) is 17.1. The third kappa shape index (κ3) is 5.29. The molecule has 0 bridgehead atoms. The topological polar surface area (TPSA) is 32.8 Å². The predicted molar refractivity (Wildman–Crippen MR) is 123 cm³/mol. The van der Waals surface area contributed by atoms with E-state index in [2.05, 4.69) is 15.9 Å². The molecule has 1 fully saturated rings. The number of benzene rings is 2. The van der Waals surface area contributed by atoms with Crippen molar-refractivity contribution in [3.63, 3.8) is 0 Å². The van der Waals surface area contributed by atoms with E-state index in [1.165, 1.54) is 5.56 Å². The van der Waals surface area contributed by atoms with Crippen LogP contribution in [0.5, 0.6) is 5.75 Å². The summed E-state index contributed by atoms with van der Waals surface area (Å²) in [5, 5.41) is 1.26. The number of anilines is 1. The van der Waals surface area contributed by atoms with E-state index in [1.54, 1.807) is 0 Å². The molecule has 0 N–H and O–H groups in total. The van der Waals surface area contributed by atoms with Gasteiger partial charge < -0.3 is 9.64 Å². The van der Waals surface area contributed by atoms with Crippen LogP contribution in [0.4, 0.5) is 5.69 Å². The Morgan fingerprint density at radius 2 is 1.77 bits per heavy atom.